The highest BCUT2D eigenvalue weighted by atomic mass is 16.5. The number of nitrogens with one attached hydrogen (secondary N) is 1. The number of aryl methyl sites for hydroxylation is 4. The molecule has 1 amide bonds. The van der Waals surface area contributed by atoms with Crippen molar-refractivity contribution in [2.24, 2.45) is 0 Å². The number of esters is 1. The molecule has 2 aromatic carbocycles. The number of ether oxygens (including phenoxy) is 1. The van der Waals surface area contributed by atoms with E-state index >= 15 is 0 Å². The van der Waals surface area contributed by atoms with Gasteiger partial charge in [-0.25, -0.2) is 0 Å². The van der Waals surface area contributed by atoms with Gasteiger partial charge in [-0.2, -0.15) is 0 Å². The van der Waals surface area contributed by atoms with Gasteiger partial charge in [0.25, 0.3) is 5.91 Å². The summed E-state index contributed by atoms with van der Waals surface area (Å²) in [7, 11) is 0. The Labute approximate surface area is 149 Å². The molecule has 0 unspecified atom stereocenters. The Kier molecular flexibility index (Phi) is 6.34. The predicted molar refractivity (Wildman–Crippen MR) is 99.6 cm³/mol. The van der Waals surface area contributed by atoms with Crippen LogP contribution in [0.2, 0.25) is 0 Å². The maximum Gasteiger partial charge on any atom is 0.306 e. The molecular weight excluding hydrogens is 314 g/mol. The smallest absolute Gasteiger partial charge is 0.306 e. The minimum atomic E-state index is -0.830. The summed E-state index contributed by atoms with van der Waals surface area (Å²) in [6, 6.07) is 13.8. The zero-order chi connectivity index (χ0) is 18.4. The van der Waals surface area contributed by atoms with Crippen LogP contribution in [0.15, 0.2) is 42.5 Å². The lowest BCUT2D eigenvalue weighted by atomic mass is 10.0. The van der Waals surface area contributed by atoms with Gasteiger partial charge in [-0.1, -0.05) is 48.0 Å². The first-order chi connectivity index (χ1) is 11.9. The van der Waals surface area contributed by atoms with Crippen LogP contribution >= 0.6 is 0 Å². The molecule has 0 aliphatic carbocycles. The van der Waals surface area contributed by atoms with Gasteiger partial charge in [0.2, 0.25) is 0 Å². The van der Waals surface area contributed by atoms with Crippen LogP contribution in [0.3, 0.4) is 0 Å². The lowest BCUT2D eigenvalue weighted by Gasteiger charge is -2.17. The molecule has 0 heterocycles. The fraction of sp³-hybridized carbons (Fsp3) is 0.333. The number of benzene rings is 2. The normalized spacial score (nSPS) is 11.7. The van der Waals surface area contributed by atoms with Crippen LogP contribution in [0.4, 0.5) is 5.69 Å². The number of amides is 1. The molecule has 2 aromatic rings. The summed E-state index contributed by atoms with van der Waals surface area (Å²) < 4.78 is 5.26. The van der Waals surface area contributed by atoms with Gasteiger partial charge in [0.05, 0.1) is 0 Å². The SMILES string of the molecule is Cc1cc(C)c(NC(=O)[C@@H](C)OC(=O)CCc2ccccc2)c(C)c1. The fourth-order valence-electron chi connectivity index (χ4n) is 2.80. The Bertz CT molecular complexity index is 730. The average molecular weight is 339 g/mol. The maximum absolute atomic E-state index is 12.3. The molecule has 25 heavy (non-hydrogen) atoms. The van der Waals surface area contributed by atoms with Crippen LogP contribution in [0.1, 0.15) is 35.6 Å². The van der Waals surface area contributed by atoms with Crippen molar-refractivity contribution in [3.63, 3.8) is 0 Å². The van der Waals surface area contributed by atoms with E-state index < -0.39 is 6.10 Å². The van der Waals surface area contributed by atoms with Gasteiger partial charge in [0, 0.05) is 12.1 Å². The summed E-state index contributed by atoms with van der Waals surface area (Å²) in [5, 5.41) is 2.87. The van der Waals surface area contributed by atoms with Crippen molar-refractivity contribution in [2.75, 3.05) is 5.32 Å². The molecule has 2 rings (SSSR count). The quantitative estimate of drug-likeness (QED) is 0.806. The molecular formula is C21H25NO3. The van der Waals surface area contributed by atoms with E-state index in [0.29, 0.717) is 6.42 Å². The molecule has 0 spiro atoms. The Morgan fingerprint density at radius 2 is 1.64 bits per heavy atom. The summed E-state index contributed by atoms with van der Waals surface area (Å²) in [5.74, 6) is -0.688. The standard InChI is InChI=1S/C21H25NO3/c1-14-12-15(2)20(16(3)13-14)22-21(24)17(4)25-19(23)11-10-18-8-6-5-7-9-18/h5-9,12-13,17H,10-11H2,1-4H3,(H,22,24)/t17-/m1/s1. The van der Waals surface area contributed by atoms with Gasteiger partial charge < -0.3 is 10.1 Å². The van der Waals surface area contributed by atoms with Crippen molar-refractivity contribution in [1.82, 2.24) is 0 Å². The summed E-state index contributed by atoms with van der Waals surface area (Å²) in [5.41, 5.74) is 4.99. The highest BCUT2D eigenvalue weighted by molar-refractivity contribution is 5.96. The van der Waals surface area contributed by atoms with E-state index in [2.05, 4.69) is 5.32 Å². The second-order valence-electron chi connectivity index (χ2n) is 6.38. The molecule has 0 aromatic heterocycles. The van der Waals surface area contributed by atoms with Gasteiger partial charge in [0.1, 0.15) is 0 Å². The molecule has 1 atom stereocenters. The van der Waals surface area contributed by atoms with E-state index in [1.807, 2.05) is 63.2 Å². The molecule has 4 nitrogen and oxygen atoms in total. The Balaban J connectivity index is 1.89. The van der Waals surface area contributed by atoms with E-state index in [1.165, 1.54) is 0 Å². The summed E-state index contributed by atoms with van der Waals surface area (Å²) in [6.07, 6.45) is 0.0254. The minimum absolute atomic E-state index is 0.254. The van der Waals surface area contributed by atoms with Crippen molar-refractivity contribution in [2.45, 2.75) is 46.6 Å². The fourth-order valence-corrected chi connectivity index (χ4v) is 2.80. The predicted octanol–water partition coefficient (Wildman–Crippen LogP) is 4.11. The Morgan fingerprint density at radius 1 is 1.04 bits per heavy atom. The summed E-state index contributed by atoms with van der Waals surface area (Å²) in [6.45, 7) is 7.51. The average Bonchev–Trinajstić information content (AvgIpc) is 2.57. The third kappa shape index (κ3) is 5.45. The van der Waals surface area contributed by atoms with Crippen LogP contribution in [-0.2, 0) is 20.7 Å². The van der Waals surface area contributed by atoms with E-state index in [1.54, 1.807) is 6.92 Å². The molecule has 0 fully saturated rings. The number of anilines is 1. The van der Waals surface area contributed by atoms with Crippen molar-refractivity contribution >= 4 is 17.6 Å². The molecule has 0 saturated carbocycles. The number of hydrogen-bond acceptors (Lipinski definition) is 3. The van der Waals surface area contributed by atoms with Crippen LogP contribution in [0, 0.1) is 20.8 Å². The van der Waals surface area contributed by atoms with Crippen molar-refractivity contribution in [3.8, 4) is 0 Å². The molecule has 0 radical (unpaired) electrons. The van der Waals surface area contributed by atoms with E-state index in [9.17, 15) is 9.59 Å². The lowest BCUT2D eigenvalue weighted by molar-refractivity contribution is -0.153. The summed E-state index contributed by atoms with van der Waals surface area (Å²) in [4.78, 5) is 24.3. The zero-order valence-corrected chi connectivity index (χ0v) is 15.3. The second kappa shape index (κ2) is 8.47. The van der Waals surface area contributed by atoms with E-state index in [0.717, 1.165) is 27.9 Å². The molecule has 4 heteroatoms. The van der Waals surface area contributed by atoms with Gasteiger partial charge in [-0.3, -0.25) is 9.59 Å². The van der Waals surface area contributed by atoms with Crippen LogP contribution in [0.5, 0.6) is 0 Å². The number of rotatable bonds is 6. The summed E-state index contributed by atoms with van der Waals surface area (Å²) >= 11 is 0. The van der Waals surface area contributed by atoms with Crippen molar-refractivity contribution < 1.29 is 14.3 Å². The molecule has 0 aliphatic rings. The third-order valence-electron chi connectivity index (χ3n) is 4.06. The van der Waals surface area contributed by atoms with Crippen LogP contribution < -0.4 is 5.32 Å². The minimum Gasteiger partial charge on any atom is -0.453 e. The van der Waals surface area contributed by atoms with Gasteiger partial charge in [0.15, 0.2) is 6.10 Å². The highest BCUT2D eigenvalue weighted by Gasteiger charge is 2.19. The van der Waals surface area contributed by atoms with Gasteiger partial charge >= 0.3 is 5.97 Å². The molecule has 132 valence electrons. The van der Waals surface area contributed by atoms with Crippen molar-refractivity contribution in [3.05, 3.63) is 64.7 Å². The molecule has 0 bridgehead atoms. The first-order valence-electron chi connectivity index (χ1n) is 8.49. The molecule has 0 aliphatic heterocycles. The number of carbonyl (C=O) groups is 2. The van der Waals surface area contributed by atoms with E-state index in [-0.39, 0.29) is 18.3 Å². The molecule has 1 N–H and O–H groups in total. The van der Waals surface area contributed by atoms with Gasteiger partial charge in [-0.15, -0.1) is 0 Å². The topological polar surface area (TPSA) is 55.4 Å². The first kappa shape index (κ1) is 18.7. The lowest BCUT2D eigenvalue weighted by Crippen LogP contribution is -2.30. The number of hydrogen-bond donors (Lipinski definition) is 1. The zero-order valence-electron chi connectivity index (χ0n) is 15.3. The first-order valence-corrected chi connectivity index (χ1v) is 8.49. The van der Waals surface area contributed by atoms with Crippen LogP contribution in [0.25, 0.3) is 0 Å². The van der Waals surface area contributed by atoms with Crippen molar-refractivity contribution in [1.29, 1.82) is 0 Å². The van der Waals surface area contributed by atoms with Crippen LogP contribution in [-0.4, -0.2) is 18.0 Å². The largest absolute Gasteiger partial charge is 0.453 e. The number of carbonyl (C=O) groups excluding carboxylic acids is 2. The third-order valence-corrected chi connectivity index (χ3v) is 4.06. The highest BCUT2D eigenvalue weighted by Crippen LogP contribution is 2.22. The Morgan fingerprint density at radius 3 is 2.24 bits per heavy atom. The molecule has 0 saturated heterocycles. The maximum atomic E-state index is 12.3. The van der Waals surface area contributed by atoms with Gasteiger partial charge in [-0.05, 0) is 50.8 Å². The monoisotopic (exact) mass is 339 g/mol. The Hall–Kier alpha value is -2.62. The van der Waals surface area contributed by atoms with E-state index in [4.69, 9.17) is 4.74 Å². The second-order valence-corrected chi connectivity index (χ2v) is 6.38.